The van der Waals surface area contributed by atoms with E-state index in [1.165, 1.54) is 0 Å². The van der Waals surface area contributed by atoms with Crippen LogP contribution >= 0.6 is 0 Å². The number of Topliss-reactive ketones (excluding diaryl/α,β-unsaturated/α-hetero) is 1. The van der Waals surface area contributed by atoms with Crippen LogP contribution in [0.5, 0.6) is 0 Å². The Kier molecular flexibility index (Phi) is 46.8. The molecule has 103 heavy (non-hydrogen) atoms. The summed E-state index contributed by atoms with van der Waals surface area (Å²) in [6, 6.07) is 11.0. The SMILES string of the molecule is C=C(N)COCC(=C)NCC(O)COCCC[Si](C)(C)O[Si](O[SiH2]CCCOCC(O)CNC(C)COCC(C)N)(O[Si](C)(C)O[Si](C)(C)CCCOCC(O)CN(C1CCC(CC2CCC(N(C)C(CC(=O)OCC)C(=O)OCC)CC2)CC1)C(CC(=O)OCC)C(=O)CCC)c1ccccc1. The minimum Gasteiger partial charge on any atom is -0.466 e. The maximum Gasteiger partial charge on any atom is 0.506 e. The van der Waals surface area contributed by atoms with Crippen molar-refractivity contribution < 1.29 is 88.9 Å². The molecule has 1 aromatic carbocycles. The van der Waals surface area contributed by atoms with E-state index in [1.807, 2.05) is 63.1 Å². The number of hydrogen-bond acceptors (Lipinski definition) is 25. The van der Waals surface area contributed by atoms with E-state index < -0.39 is 92.1 Å². The molecule has 2 fully saturated rings. The summed E-state index contributed by atoms with van der Waals surface area (Å²) in [5.41, 5.74) is 12.4. The van der Waals surface area contributed by atoms with Crippen molar-refractivity contribution in [1.82, 2.24) is 20.4 Å². The number of nitrogens with zero attached hydrogens (tertiary/aromatic N) is 2. The van der Waals surface area contributed by atoms with Gasteiger partial charge in [-0.3, -0.25) is 29.0 Å². The van der Waals surface area contributed by atoms with Gasteiger partial charge in [0.05, 0.1) is 103 Å². The zero-order valence-corrected chi connectivity index (χ0v) is 70.9. The summed E-state index contributed by atoms with van der Waals surface area (Å²) in [6.45, 7) is 36.2. The highest BCUT2D eigenvalue weighted by Gasteiger charge is 2.53. The molecule has 0 saturated heterocycles. The van der Waals surface area contributed by atoms with E-state index in [0.717, 1.165) is 87.5 Å². The summed E-state index contributed by atoms with van der Waals surface area (Å²) in [4.78, 5) is 57.0. The van der Waals surface area contributed by atoms with Crippen LogP contribution < -0.4 is 27.3 Å². The maximum atomic E-state index is 14.1. The number of carbonyl (C=O) groups excluding carboxylic acids is 4. The largest absolute Gasteiger partial charge is 0.506 e. The number of nitrogens with one attached hydrogen (secondary N) is 2. The lowest BCUT2D eigenvalue weighted by Crippen LogP contribution is -2.67. The van der Waals surface area contributed by atoms with E-state index >= 15 is 0 Å². The highest BCUT2D eigenvalue weighted by molar-refractivity contribution is 6.94. The lowest BCUT2D eigenvalue weighted by Gasteiger charge is -2.43. The highest BCUT2D eigenvalue weighted by atomic mass is 28.5. The van der Waals surface area contributed by atoms with Gasteiger partial charge in [-0.1, -0.05) is 50.4 Å². The molecule has 2 saturated carbocycles. The molecule has 3 rings (SSSR count). The van der Waals surface area contributed by atoms with Gasteiger partial charge in [-0.2, -0.15) is 0 Å². The molecule has 2 aliphatic carbocycles. The van der Waals surface area contributed by atoms with E-state index in [-0.39, 0.29) is 109 Å². The average molecular weight is 1550 g/mol. The monoisotopic (exact) mass is 1540 g/mol. The summed E-state index contributed by atoms with van der Waals surface area (Å²) < 4.78 is 74.7. The first kappa shape index (κ1) is 94.0. The molecule has 0 amide bonds. The van der Waals surface area contributed by atoms with Crippen LogP contribution in [0.2, 0.25) is 57.4 Å². The predicted octanol–water partition coefficient (Wildman–Crippen LogP) is 7.07. The van der Waals surface area contributed by atoms with E-state index in [9.17, 15) is 34.5 Å². The third-order valence-electron chi connectivity index (χ3n) is 18.5. The normalized spacial score (nSPS) is 19.7. The predicted molar refractivity (Wildman–Crippen MR) is 416 cm³/mol. The zero-order valence-electron chi connectivity index (χ0n) is 65.5. The number of aliphatic hydroxyl groups is 3. The number of benzene rings is 1. The Morgan fingerprint density at radius 1 is 0.641 bits per heavy atom. The second kappa shape index (κ2) is 51.3. The van der Waals surface area contributed by atoms with Crippen molar-refractivity contribution in [3.63, 3.8) is 0 Å². The van der Waals surface area contributed by atoms with Gasteiger partial charge in [-0.15, -0.1) is 0 Å². The van der Waals surface area contributed by atoms with E-state index in [1.54, 1.807) is 20.8 Å². The fraction of sp³-hybridized carbons (Fsp3) is 0.808. The highest BCUT2D eigenvalue weighted by Crippen LogP contribution is 2.39. The van der Waals surface area contributed by atoms with E-state index in [0.29, 0.717) is 88.5 Å². The second-order valence-corrected chi connectivity index (χ2v) is 47.3. The van der Waals surface area contributed by atoms with Gasteiger partial charge in [-0.05, 0) is 194 Å². The number of likely N-dealkylation sites (N-methyl/N-ethyl adjacent to an activating group) is 1. The molecule has 8 atom stereocenters. The van der Waals surface area contributed by atoms with E-state index in [4.69, 9.17) is 65.8 Å². The van der Waals surface area contributed by atoms with Crippen molar-refractivity contribution in [2.75, 3.05) is 113 Å². The van der Waals surface area contributed by atoms with Crippen molar-refractivity contribution in [2.24, 2.45) is 23.3 Å². The standard InChI is InChI=1S/C73H140N6O19Si5/c1-16-26-70(83)68(44-71(84)92-17-2)79(63-35-31-61(32-36-63)43-60-29-33-62(34-30-60)78(9)69(73(86)94-19-4)45-72(85)93-18-3)48-66(82)55-89-39-24-41-100(10,11)96-102(14,15)98-103(67-27-21-20-22-28-67,95-99-40-23-37-87-53-64(80)46-76-58(7)51-90-49-56(5)74)97-101(12,13)42-25-38-88-54-65(81)47-77-59(8)52-91-50-57(6)75/h20-22,27-28,56,58,60-66,68-69,76-77,80-82H,6,8,16-19,23-26,29-55,74-75,99H2,1-5,7,9-15H3. The van der Waals surface area contributed by atoms with Crippen LogP contribution in [-0.4, -0.2) is 260 Å². The summed E-state index contributed by atoms with van der Waals surface area (Å²) >= 11 is 0. The maximum absolute atomic E-state index is 14.1. The molecule has 0 aliphatic heterocycles. The molecular weight excluding hydrogens is 1410 g/mol. The van der Waals surface area contributed by atoms with Gasteiger partial charge in [0.15, 0.2) is 32.2 Å². The number of nitrogens with two attached hydrogens (primary N) is 2. The fourth-order valence-corrected chi connectivity index (χ4v) is 34.1. The number of esters is 3. The second-order valence-electron chi connectivity index (χ2n) is 30.0. The Morgan fingerprint density at radius 2 is 1.17 bits per heavy atom. The van der Waals surface area contributed by atoms with E-state index in [2.05, 4.69) is 68.0 Å². The smallest absolute Gasteiger partial charge is 0.466 e. The number of carbonyl (C=O) groups is 4. The molecule has 8 unspecified atom stereocenters. The molecule has 0 radical (unpaired) electrons. The van der Waals surface area contributed by atoms with Crippen LogP contribution in [0, 0.1) is 11.8 Å². The van der Waals surface area contributed by atoms with Crippen LogP contribution in [0.1, 0.15) is 144 Å². The lowest BCUT2D eigenvalue weighted by molar-refractivity contribution is -0.157. The van der Waals surface area contributed by atoms with Crippen LogP contribution in [-0.2, 0) is 73.5 Å². The molecule has 596 valence electrons. The van der Waals surface area contributed by atoms with Crippen molar-refractivity contribution in [3.05, 3.63) is 54.9 Å². The van der Waals surface area contributed by atoms with Crippen LogP contribution in [0.15, 0.2) is 54.9 Å². The van der Waals surface area contributed by atoms with Crippen molar-refractivity contribution in [1.29, 1.82) is 0 Å². The van der Waals surface area contributed by atoms with Crippen LogP contribution in [0.4, 0.5) is 0 Å². The molecule has 1 aromatic rings. The molecule has 2 aliphatic rings. The quantitative estimate of drug-likeness (QED) is 0.0148. The minimum atomic E-state index is -3.71. The lowest BCUT2D eigenvalue weighted by atomic mass is 9.75. The number of hydrogen-bond donors (Lipinski definition) is 7. The summed E-state index contributed by atoms with van der Waals surface area (Å²) in [7, 11) is -11.2. The molecule has 9 N–H and O–H groups in total. The van der Waals surface area contributed by atoms with Crippen LogP contribution in [0.3, 0.4) is 0 Å². The topological polar surface area (TPSA) is 322 Å². The first-order valence-corrected chi connectivity index (χ1v) is 50.8. The van der Waals surface area contributed by atoms with Crippen molar-refractivity contribution in [3.8, 4) is 0 Å². The van der Waals surface area contributed by atoms with Gasteiger partial charge in [-0.25, -0.2) is 0 Å². The molecular formula is C73H140N6O19Si5. The summed E-state index contributed by atoms with van der Waals surface area (Å²) in [5.74, 6) is -0.218. The van der Waals surface area contributed by atoms with Crippen molar-refractivity contribution in [2.45, 2.75) is 256 Å². The summed E-state index contributed by atoms with van der Waals surface area (Å²) in [5, 5.41) is 40.5. The average Bonchev–Trinajstić information content (AvgIpc) is 0.781. The van der Waals surface area contributed by atoms with Gasteiger partial charge >= 0.3 is 35.3 Å². The molecule has 30 heteroatoms. The molecule has 25 nitrogen and oxygen atoms in total. The Labute approximate surface area is 625 Å². The van der Waals surface area contributed by atoms with Gasteiger partial charge in [0.25, 0.3) is 0 Å². The Bertz CT molecular complexity index is 2530. The number of rotatable bonds is 60. The minimum absolute atomic E-state index is 0.0167. The Hall–Kier alpha value is -3.18. The summed E-state index contributed by atoms with van der Waals surface area (Å²) in [6.07, 6.45) is 9.17. The molecule has 0 heterocycles. The van der Waals surface area contributed by atoms with Crippen molar-refractivity contribution >= 4 is 72.6 Å². The first-order chi connectivity index (χ1) is 48.9. The third kappa shape index (κ3) is 40.2. The fourth-order valence-electron chi connectivity index (χ4n) is 13.6. The van der Waals surface area contributed by atoms with Crippen LogP contribution in [0.25, 0.3) is 0 Å². The zero-order chi connectivity index (χ0) is 76.4. The Morgan fingerprint density at radius 3 is 1.73 bits per heavy atom. The number of ether oxygens (including phenoxy) is 8. The van der Waals surface area contributed by atoms with Gasteiger partial charge < -0.3 is 91.8 Å². The molecule has 0 bridgehead atoms. The van der Waals surface area contributed by atoms with Gasteiger partial charge in [0, 0.05) is 86.6 Å². The first-order valence-electron chi connectivity index (χ1n) is 38.4. The van der Waals surface area contributed by atoms with Gasteiger partial charge in [0.1, 0.15) is 6.04 Å². The molecule has 0 spiro atoms. The number of ketones is 1. The Balaban J connectivity index is 1.70. The number of aliphatic hydroxyl groups excluding tert-OH is 3. The molecule has 0 aromatic heterocycles. The van der Waals surface area contributed by atoms with Gasteiger partial charge in [0.2, 0.25) is 0 Å². The third-order valence-corrected chi connectivity index (χ3v) is 36.3.